The fraction of sp³-hybridized carbons (Fsp3) is 0. The van der Waals surface area contributed by atoms with Crippen LogP contribution in [0.5, 0.6) is 0 Å². The molecule has 0 N–H and O–H groups in total. The van der Waals surface area contributed by atoms with E-state index in [0.29, 0.717) is 0 Å². The maximum absolute atomic E-state index is 9.75. The molecule has 0 aromatic heterocycles. The van der Waals surface area contributed by atoms with Gasteiger partial charge in [-0.05, 0) is 0 Å². The SMILES string of the molecule is C=C.F[B-](F)(F)F.[C-]#[O+].[C-]#[O+].[C-]#[O+].[C-]#[O+].[C-]#[O+].[Re]. The normalized spacial score (nSPS) is 4.11. The Bertz CT molecular complexity index is 158. The fourth-order valence-corrected chi connectivity index (χ4v) is 0. The summed E-state index contributed by atoms with van der Waals surface area (Å²) in [7, 11) is -6.00. The van der Waals surface area contributed by atoms with Crippen molar-refractivity contribution in [3.63, 3.8) is 0 Å². The third-order valence-electron chi connectivity index (χ3n) is 0. The van der Waals surface area contributed by atoms with E-state index in [1.165, 1.54) is 0 Å². The molecule has 18 heavy (non-hydrogen) atoms. The van der Waals surface area contributed by atoms with Crippen LogP contribution >= 0.6 is 0 Å². The van der Waals surface area contributed by atoms with Crippen LogP contribution in [0.2, 0.25) is 0 Å². The van der Waals surface area contributed by atoms with Crippen LogP contribution in [0, 0.1) is 33.3 Å². The molecule has 0 fully saturated rings. The van der Waals surface area contributed by atoms with Crippen LogP contribution < -0.4 is 0 Å². The van der Waals surface area contributed by atoms with Gasteiger partial charge in [-0.1, -0.05) is 0 Å². The third-order valence-corrected chi connectivity index (χ3v) is 0. The van der Waals surface area contributed by atoms with Gasteiger partial charge in [0.25, 0.3) is 0 Å². The Morgan fingerprint density at radius 2 is 0.556 bits per heavy atom. The number of hydrogen-bond acceptors (Lipinski definition) is 0. The summed E-state index contributed by atoms with van der Waals surface area (Å²) in [6, 6.07) is 0. The molecule has 1 radical (unpaired) electrons. The molecular formula is C7H4BF4O5Re-. The van der Waals surface area contributed by atoms with Crippen molar-refractivity contribution in [3.8, 4) is 0 Å². The van der Waals surface area contributed by atoms with Gasteiger partial charge >= 0.3 is 63.8 Å². The molecule has 0 aliphatic carbocycles. The van der Waals surface area contributed by atoms with Gasteiger partial charge in [0.05, 0.1) is 0 Å². The monoisotopic (exact) mass is 442 g/mol. The molecule has 0 bridgehead atoms. The molecular weight excluding hydrogens is 437 g/mol. The first-order valence-corrected chi connectivity index (χ1v) is 2.39. The quantitative estimate of drug-likeness (QED) is 0.181. The van der Waals surface area contributed by atoms with Gasteiger partial charge in [-0.3, -0.25) is 0 Å². The molecule has 0 aromatic carbocycles. The van der Waals surface area contributed by atoms with Gasteiger partial charge in [-0.15, -0.1) is 13.2 Å². The minimum atomic E-state index is -6.00. The maximum Gasteiger partial charge on any atom is 0 e. The Morgan fingerprint density at radius 1 is 0.556 bits per heavy atom. The Hall–Kier alpha value is -1.11. The summed E-state index contributed by atoms with van der Waals surface area (Å²) in [6.45, 7) is 28.5. The molecule has 0 rings (SSSR count). The van der Waals surface area contributed by atoms with Gasteiger partial charge in [0, 0.05) is 20.4 Å². The zero-order chi connectivity index (χ0) is 16.5. The minimum Gasteiger partial charge on any atom is 0 e. The van der Waals surface area contributed by atoms with Crippen molar-refractivity contribution < 1.29 is 60.9 Å². The van der Waals surface area contributed by atoms with E-state index < -0.39 is 7.25 Å². The second-order valence-electron chi connectivity index (χ2n) is 0.495. The van der Waals surface area contributed by atoms with Crippen molar-refractivity contribution in [1.82, 2.24) is 0 Å². The Labute approximate surface area is 115 Å². The smallest absolute Gasteiger partial charge is 0 e. The van der Waals surface area contributed by atoms with Crippen LogP contribution in [0.4, 0.5) is 17.3 Å². The third kappa shape index (κ3) is 2320. The first-order chi connectivity index (χ1) is 8.00. The Balaban J connectivity index is -0.0000000114. The van der Waals surface area contributed by atoms with Crippen molar-refractivity contribution in [3.05, 3.63) is 46.4 Å². The molecule has 0 spiro atoms. The van der Waals surface area contributed by atoms with Crippen molar-refractivity contribution in [2.45, 2.75) is 0 Å². The molecule has 11 heteroatoms. The van der Waals surface area contributed by atoms with Crippen LogP contribution in [0.15, 0.2) is 13.2 Å². The molecule has 0 unspecified atom stereocenters. The molecule has 0 amide bonds. The van der Waals surface area contributed by atoms with Crippen LogP contribution in [0.25, 0.3) is 0 Å². The predicted molar refractivity (Wildman–Crippen MR) is 41.1 cm³/mol. The summed E-state index contributed by atoms with van der Waals surface area (Å²) in [5.74, 6) is 0. The first-order valence-electron chi connectivity index (χ1n) is 2.39. The molecule has 101 valence electrons. The average Bonchev–Trinajstić information content (AvgIpc) is 2.41. The molecule has 0 aliphatic rings. The standard InChI is InChI=1S/C2H4.5CO.BF4.Re/c6*1-2;2-1(3,4)5;/h1-2H2;;;;;;;/q;;;;;;-1;. The van der Waals surface area contributed by atoms with Crippen molar-refractivity contribution >= 4 is 7.25 Å². The van der Waals surface area contributed by atoms with E-state index in [9.17, 15) is 17.3 Å². The first kappa shape index (κ1) is 54.0. The van der Waals surface area contributed by atoms with E-state index >= 15 is 0 Å². The zero-order valence-corrected chi connectivity index (χ0v) is 11.1. The molecule has 0 aliphatic heterocycles. The second kappa shape index (κ2) is 147. The molecule has 0 saturated heterocycles. The average molecular weight is 441 g/mol. The van der Waals surface area contributed by atoms with Crippen LogP contribution in [0.1, 0.15) is 0 Å². The molecule has 0 atom stereocenters. The van der Waals surface area contributed by atoms with Crippen LogP contribution in [0.3, 0.4) is 0 Å². The summed E-state index contributed by atoms with van der Waals surface area (Å²) < 4.78 is 76.5. The van der Waals surface area contributed by atoms with E-state index in [-0.39, 0.29) is 20.4 Å². The molecule has 0 saturated carbocycles. The summed E-state index contributed by atoms with van der Waals surface area (Å²) in [5.41, 5.74) is 0. The Morgan fingerprint density at radius 3 is 0.556 bits per heavy atom. The molecule has 0 heterocycles. The molecule has 0 aromatic rings. The van der Waals surface area contributed by atoms with Crippen molar-refractivity contribution in [2.24, 2.45) is 0 Å². The van der Waals surface area contributed by atoms with Crippen LogP contribution in [-0.2, 0) is 43.7 Å². The largest absolute Gasteiger partial charge is 0 e. The van der Waals surface area contributed by atoms with Gasteiger partial charge in [-0.2, -0.15) is 0 Å². The van der Waals surface area contributed by atoms with Gasteiger partial charge < -0.3 is 17.3 Å². The van der Waals surface area contributed by atoms with Gasteiger partial charge in [0.1, 0.15) is 0 Å². The fourth-order valence-electron chi connectivity index (χ4n) is 0. The van der Waals surface area contributed by atoms with Crippen LogP contribution in [-0.4, -0.2) is 7.25 Å². The van der Waals surface area contributed by atoms with E-state index in [4.69, 9.17) is 23.3 Å². The summed E-state index contributed by atoms with van der Waals surface area (Å²) in [4.78, 5) is 0. The van der Waals surface area contributed by atoms with Crippen molar-refractivity contribution in [1.29, 1.82) is 0 Å². The van der Waals surface area contributed by atoms with E-state index in [1.807, 2.05) is 0 Å². The summed E-state index contributed by atoms with van der Waals surface area (Å²) >= 11 is 0. The number of halogens is 4. The van der Waals surface area contributed by atoms with Crippen molar-refractivity contribution in [2.75, 3.05) is 0 Å². The summed E-state index contributed by atoms with van der Waals surface area (Å²) in [5, 5.41) is 0. The van der Waals surface area contributed by atoms with Gasteiger partial charge in [-0.25, -0.2) is 0 Å². The van der Waals surface area contributed by atoms with E-state index in [1.54, 1.807) is 0 Å². The molecule has 5 nitrogen and oxygen atoms in total. The number of rotatable bonds is 0. The van der Waals surface area contributed by atoms with E-state index in [2.05, 4.69) is 46.4 Å². The van der Waals surface area contributed by atoms with Gasteiger partial charge in [0.15, 0.2) is 0 Å². The van der Waals surface area contributed by atoms with E-state index in [0.717, 1.165) is 0 Å². The Kier molecular flexibility index (Phi) is 442. The predicted octanol–water partition coefficient (Wildman–Crippen LogP) is 1.91. The van der Waals surface area contributed by atoms with Gasteiger partial charge in [0.2, 0.25) is 0 Å². The maximum atomic E-state index is 9.75. The topological polar surface area (TPSA) is 99.5 Å². The zero-order valence-electron chi connectivity index (χ0n) is 8.42. The summed E-state index contributed by atoms with van der Waals surface area (Å²) in [6.07, 6.45) is 0. The number of hydrogen-bond donors (Lipinski definition) is 0. The second-order valence-corrected chi connectivity index (χ2v) is 0.495. The minimum absolute atomic E-state index is 0.